The molecule has 9 heteroatoms. The number of rotatable bonds is 19. The normalized spacial score (nSPS) is 24.6. The first-order chi connectivity index (χ1) is 20.3. The molecule has 244 valence electrons. The Kier molecular flexibility index (Phi) is 13.1. The maximum absolute atomic E-state index is 13.5. The van der Waals surface area contributed by atoms with Crippen LogP contribution in [0.3, 0.4) is 0 Å². The molecule has 0 aromatic rings. The third-order valence-electron chi connectivity index (χ3n) is 9.94. The van der Waals surface area contributed by atoms with E-state index in [1.165, 1.54) is 13.3 Å². The van der Waals surface area contributed by atoms with Crippen LogP contribution in [-0.2, 0) is 38.2 Å². The summed E-state index contributed by atoms with van der Waals surface area (Å²) in [4.78, 5) is 62.7. The van der Waals surface area contributed by atoms with Crippen molar-refractivity contribution in [1.82, 2.24) is 4.90 Å². The summed E-state index contributed by atoms with van der Waals surface area (Å²) in [7, 11) is 0. The zero-order valence-corrected chi connectivity index (χ0v) is 27.3. The number of hydrogen-bond donors (Lipinski definition) is 0. The van der Waals surface area contributed by atoms with Crippen LogP contribution >= 0.6 is 0 Å². The lowest BCUT2D eigenvalue weighted by molar-refractivity contribution is -0.161. The van der Waals surface area contributed by atoms with Crippen LogP contribution in [-0.4, -0.2) is 66.4 Å². The minimum atomic E-state index is -0.624. The number of hydrogen-bond acceptors (Lipinski definition) is 8. The molecule has 43 heavy (non-hydrogen) atoms. The van der Waals surface area contributed by atoms with E-state index in [2.05, 4.69) is 13.8 Å². The number of amides is 1. The molecular formula is C34H55NO8. The van der Waals surface area contributed by atoms with Crippen LogP contribution in [0.15, 0.2) is 0 Å². The number of likely N-dealkylation sites (tertiary alicyclic amines) is 1. The van der Waals surface area contributed by atoms with Gasteiger partial charge < -0.3 is 19.1 Å². The van der Waals surface area contributed by atoms with Crippen LogP contribution < -0.4 is 0 Å². The van der Waals surface area contributed by atoms with E-state index in [1.54, 1.807) is 0 Å². The minimum absolute atomic E-state index is 0.0137. The fourth-order valence-electron chi connectivity index (χ4n) is 7.44. The van der Waals surface area contributed by atoms with E-state index in [1.807, 2.05) is 18.7 Å². The first kappa shape index (κ1) is 35.0. The van der Waals surface area contributed by atoms with Crippen LogP contribution in [0.25, 0.3) is 0 Å². The van der Waals surface area contributed by atoms with Gasteiger partial charge in [0.15, 0.2) is 0 Å². The predicted octanol–water partition coefficient (Wildman–Crippen LogP) is 5.95. The van der Waals surface area contributed by atoms with Gasteiger partial charge >= 0.3 is 17.9 Å². The Morgan fingerprint density at radius 1 is 1.05 bits per heavy atom. The summed E-state index contributed by atoms with van der Waals surface area (Å²) in [6, 6.07) is 0.235. The molecule has 2 saturated carbocycles. The molecule has 0 spiro atoms. The lowest BCUT2D eigenvalue weighted by Gasteiger charge is -2.32. The maximum atomic E-state index is 13.5. The van der Waals surface area contributed by atoms with Crippen molar-refractivity contribution >= 4 is 29.6 Å². The fourth-order valence-corrected chi connectivity index (χ4v) is 7.44. The first-order valence-corrected chi connectivity index (χ1v) is 16.6. The third-order valence-corrected chi connectivity index (χ3v) is 9.94. The smallest absolute Gasteiger partial charge is 0.313 e. The fraction of sp³-hybridized carbons (Fsp3) is 0.853. The van der Waals surface area contributed by atoms with E-state index in [0.717, 1.165) is 70.8 Å². The largest absolute Gasteiger partial charge is 0.462 e. The molecule has 5 unspecified atom stereocenters. The van der Waals surface area contributed by atoms with Crippen molar-refractivity contribution in [2.24, 2.45) is 22.7 Å². The number of nitrogens with zero attached hydrogens (tertiary/aromatic N) is 1. The van der Waals surface area contributed by atoms with Gasteiger partial charge in [0.2, 0.25) is 5.91 Å². The number of esters is 3. The molecule has 0 radical (unpaired) electrons. The standard InChI is InChI=1S/C34H55NO8/c1-6-27(35-17-9-13-29(35)37)12-7-10-26(32(40)43-28-21-25-14-16-34(28,5)22-25)11-8-15-33(3,4)23-31(39)42-19-18-41-30(38)20-24(2)36/h25-28H,6-23H2,1-5H3. The van der Waals surface area contributed by atoms with Gasteiger partial charge in [-0.05, 0) is 82.5 Å². The van der Waals surface area contributed by atoms with E-state index < -0.39 is 5.97 Å². The summed E-state index contributed by atoms with van der Waals surface area (Å²) in [6.07, 6.45) is 11.7. The minimum Gasteiger partial charge on any atom is -0.462 e. The molecule has 9 nitrogen and oxygen atoms in total. The van der Waals surface area contributed by atoms with Crippen molar-refractivity contribution < 1.29 is 38.2 Å². The van der Waals surface area contributed by atoms with Gasteiger partial charge in [0.1, 0.15) is 31.5 Å². The molecule has 3 rings (SSSR count). The molecule has 0 aromatic heterocycles. The summed E-state index contributed by atoms with van der Waals surface area (Å²) in [5, 5.41) is 0. The third kappa shape index (κ3) is 10.9. The molecule has 2 bridgehead atoms. The monoisotopic (exact) mass is 605 g/mol. The van der Waals surface area contributed by atoms with Crippen molar-refractivity contribution in [2.45, 2.75) is 143 Å². The van der Waals surface area contributed by atoms with Gasteiger partial charge in [0, 0.05) is 24.4 Å². The number of Topliss-reactive ketones (excluding diaryl/α,β-unsaturated/α-hetero) is 1. The summed E-state index contributed by atoms with van der Waals surface area (Å²) >= 11 is 0. The molecule has 1 saturated heterocycles. The van der Waals surface area contributed by atoms with Gasteiger partial charge in [-0.2, -0.15) is 0 Å². The van der Waals surface area contributed by atoms with Crippen molar-refractivity contribution in [3.05, 3.63) is 0 Å². The zero-order chi connectivity index (χ0) is 31.6. The Morgan fingerprint density at radius 3 is 2.33 bits per heavy atom. The predicted molar refractivity (Wildman–Crippen MR) is 162 cm³/mol. The summed E-state index contributed by atoms with van der Waals surface area (Å²) in [5.74, 6) is -0.610. The summed E-state index contributed by atoms with van der Waals surface area (Å²) in [5.41, 5.74) is -0.208. The average molecular weight is 606 g/mol. The van der Waals surface area contributed by atoms with Gasteiger partial charge in [0.25, 0.3) is 0 Å². The lowest BCUT2D eigenvalue weighted by atomic mass is 9.82. The van der Waals surface area contributed by atoms with Crippen molar-refractivity contribution in [1.29, 1.82) is 0 Å². The van der Waals surface area contributed by atoms with Crippen LogP contribution in [0.5, 0.6) is 0 Å². The van der Waals surface area contributed by atoms with Gasteiger partial charge in [-0.1, -0.05) is 40.5 Å². The molecule has 1 amide bonds. The molecule has 1 heterocycles. The molecule has 0 N–H and O–H groups in total. The Hall–Kier alpha value is -2.45. The SMILES string of the molecule is CCC(CCCC(CCCC(C)(C)CC(=O)OCCOC(=O)CC(C)=O)C(=O)OC1CC2CCC1(C)C2)N1CCCC1=O. The quantitative estimate of drug-likeness (QED) is 0.0768. The van der Waals surface area contributed by atoms with Crippen molar-refractivity contribution in [3.63, 3.8) is 0 Å². The Labute approximate surface area is 258 Å². The highest BCUT2D eigenvalue weighted by atomic mass is 16.6. The molecule has 5 atom stereocenters. The average Bonchev–Trinajstić information content (AvgIpc) is 3.60. The zero-order valence-electron chi connectivity index (χ0n) is 27.3. The van der Waals surface area contributed by atoms with Crippen molar-refractivity contribution in [3.8, 4) is 0 Å². The number of fused-ring (bicyclic) bond motifs is 2. The van der Waals surface area contributed by atoms with Crippen LogP contribution in [0.4, 0.5) is 0 Å². The Morgan fingerprint density at radius 2 is 1.74 bits per heavy atom. The topological polar surface area (TPSA) is 116 Å². The molecular weight excluding hydrogens is 550 g/mol. The van der Waals surface area contributed by atoms with Crippen LogP contribution in [0.1, 0.15) is 131 Å². The number of carbonyl (C=O) groups is 5. The second kappa shape index (κ2) is 16.0. The summed E-state index contributed by atoms with van der Waals surface area (Å²) in [6.45, 7) is 10.5. The molecule has 2 aliphatic carbocycles. The Bertz CT molecular complexity index is 993. The number of carbonyl (C=O) groups excluding carboxylic acids is 5. The highest BCUT2D eigenvalue weighted by Crippen LogP contribution is 2.55. The molecule has 3 fully saturated rings. The van der Waals surface area contributed by atoms with E-state index in [0.29, 0.717) is 18.8 Å². The lowest BCUT2D eigenvalue weighted by Crippen LogP contribution is -2.36. The van der Waals surface area contributed by atoms with E-state index in [-0.39, 0.29) is 78.6 Å². The molecule has 1 aliphatic heterocycles. The van der Waals surface area contributed by atoms with Gasteiger partial charge in [0.05, 0.1) is 12.3 Å². The number of ketones is 1. The van der Waals surface area contributed by atoms with Crippen LogP contribution in [0, 0.1) is 22.7 Å². The Balaban J connectivity index is 1.47. The second-order valence-corrected chi connectivity index (χ2v) is 14.4. The van der Waals surface area contributed by atoms with Gasteiger partial charge in [-0.15, -0.1) is 0 Å². The van der Waals surface area contributed by atoms with Gasteiger partial charge in [-0.3, -0.25) is 24.0 Å². The second-order valence-electron chi connectivity index (χ2n) is 14.4. The highest BCUT2D eigenvalue weighted by Gasteiger charge is 2.51. The first-order valence-electron chi connectivity index (χ1n) is 16.6. The van der Waals surface area contributed by atoms with E-state index in [4.69, 9.17) is 14.2 Å². The molecule has 0 aromatic carbocycles. The maximum Gasteiger partial charge on any atom is 0.313 e. The van der Waals surface area contributed by atoms with Crippen LogP contribution in [0.2, 0.25) is 0 Å². The summed E-state index contributed by atoms with van der Waals surface area (Å²) < 4.78 is 16.4. The molecule has 3 aliphatic rings. The highest BCUT2D eigenvalue weighted by molar-refractivity contribution is 5.94. The van der Waals surface area contributed by atoms with Crippen molar-refractivity contribution in [2.75, 3.05) is 19.8 Å². The number of ether oxygens (including phenoxy) is 3. The van der Waals surface area contributed by atoms with E-state index >= 15 is 0 Å². The van der Waals surface area contributed by atoms with Gasteiger partial charge in [-0.25, -0.2) is 0 Å². The van der Waals surface area contributed by atoms with E-state index in [9.17, 15) is 24.0 Å².